The van der Waals surface area contributed by atoms with Gasteiger partial charge in [0.15, 0.2) is 0 Å². The van der Waals surface area contributed by atoms with Crippen molar-refractivity contribution >= 4 is 16.2 Å². The van der Waals surface area contributed by atoms with Crippen LogP contribution >= 0.6 is 0 Å². The number of hydrogen-bond donors (Lipinski definition) is 2. The summed E-state index contributed by atoms with van der Waals surface area (Å²) in [6.07, 6.45) is 0.544. The molecule has 0 aliphatic heterocycles. The number of nitrogens with zero attached hydrogens (tertiary/aromatic N) is 1. The average molecular weight is 266 g/mol. The molecule has 0 saturated heterocycles. The number of hydrogen-bond acceptors (Lipinski definition) is 3. The first kappa shape index (κ1) is 16.3. The third-order valence-corrected chi connectivity index (χ3v) is 3.93. The summed E-state index contributed by atoms with van der Waals surface area (Å²) in [4.78, 5) is 10.4. The van der Waals surface area contributed by atoms with E-state index in [1.54, 1.807) is 6.92 Å². The summed E-state index contributed by atoms with van der Waals surface area (Å²) in [7, 11) is -2.21. The van der Waals surface area contributed by atoms with Crippen LogP contribution in [-0.4, -0.2) is 43.4 Å². The Bertz CT molecular complexity index is 340. The van der Waals surface area contributed by atoms with Crippen LogP contribution in [0.1, 0.15) is 33.6 Å². The molecule has 0 aromatic heterocycles. The molecule has 6 nitrogen and oxygen atoms in total. The number of carbonyl (C=O) groups is 1. The third kappa shape index (κ3) is 7.30. The second-order valence-corrected chi connectivity index (χ2v) is 6.43. The van der Waals surface area contributed by atoms with Gasteiger partial charge >= 0.3 is 5.97 Å². The monoisotopic (exact) mass is 266 g/mol. The van der Waals surface area contributed by atoms with Gasteiger partial charge in [0.1, 0.15) is 0 Å². The van der Waals surface area contributed by atoms with Crippen molar-refractivity contribution in [2.24, 2.45) is 5.92 Å². The number of aliphatic carboxylic acids is 1. The van der Waals surface area contributed by atoms with Crippen LogP contribution in [0.3, 0.4) is 0 Å². The highest BCUT2D eigenvalue weighted by Crippen LogP contribution is 2.06. The summed E-state index contributed by atoms with van der Waals surface area (Å²) in [5, 5.41) is 8.49. The lowest BCUT2D eigenvalue weighted by Crippen LogP contribution is -2.43. The van der Waals surface area contributed by atoms with E-state index in [1.807, 2.05) is 13.8 Å². The minimum absolute atomic E-state index is 0.0287. The van der Waals surface area contributed by atoms with Crippen LogP contribution in [0, 0.1) is 5.92 Å². The summed E-state index contributed by atoms with van der Waals surface area (Å²) < 4.78 is 27.1. The smallest absolute Gasteiger partial charge is 0.304 e. The average Bonchev–Trinajstić information content (AvgIpc) is 2.11. The molecule has 0 aliphatic rings. The minimum Gasteiger partial charge on any atom is -0.481 e. The zero-order chi connectivity index (χ0) is 13.6. The van der Waals surface area contributed by atoms with Crippen molar-refractivity contribution in [2.45, 2.75) is 39.7 Å². The van der Waals surface area contributed by atoms with Gasteiger partial charge in [-0.15, -0.1) is 0 Å². The fraction of sp³-hybridized carbons (Fsp3) is 0.900. The van der Waals surface area contributed by atoms with Crippen molar-refractivity contribution in [3.05, 3.63) is 0 Å². The van der Waals surface area contributed by atoms with Crippen LogP contribution in [-0.2, 0) is 15.0 Å². The van der Waals surface area contributed by atoms with E-state index in [0.29, 0.717) is 5.92 Å². The molecule has 0 rings (SSSR count). The van der Waals surface area contributed by atoms with Gasteiger partial charge in [0.25, 0.3) is 10.2 Å². The van der Waals surface area contributed by atoms with Gasteiger partial charge in [0.05, 0.1) is 6.42 Å². The second-order valence-electron chi connectivity index (χ2n) is 4.62. The van der Waals surface area contributed by atoms with E-state index in [1.165, 1.54) is 7.05 Å². The predicted octanol–water partition coefficient (Wildman–Crippen LogP) is 0.662. The molecule has 2 N–H and O–H groups in total. The van der Waals surface area contributed by atoms with E-state index in [2.05, 4.69) is 4.72 Å². The molecule has 0 aromatic rings. The molecule has 0 bridgehead atoms. The topological polar surface area (TPSA) is 86.7 Å². The van der Waals surface area contributed by atoms with Crippen molar-refractivity contribution in [3.63, 3.8) is 0 Å². The van der Waals surface area contributed by atoms with Crippen LogP contribution in [0.5, 0.6) is 0 Å². The van der Waals surface area contributed by atoms with E-state index in [0.717, 1.165) is 10.7 Å². The van der Waals surface area contributed by atoms with Gasteiger partial charge in [-0.1, -0.05) is 13.8 Å². The van der Waals surface area contributed by atoms with E-state index < -0.39 is 16.2 Å². The zero-order valence-corrected chi connectivity index (χ0v) is 11.6. The van der Waals surface area contributed by atoms with Gasteiger partial charge in [-0.2, -0.15) is 17.4 Å². The van der Waals surface area contributed by atoms with Gasteiger partial charge in [0, 0.05) is 19.6 Å². The lowest BCUT2D eigenvalue weighted by molar-refractivity contribution is -0.137. The largest absolute Gasteiger partial charge is 0.481 e. The molecule has 17 heavy (non-hydrogen) atoms. The molecule has 0 heterocycles. The van der Waals surface area contributed by atoms with Crippen molar-refractivity contribution in [1.82, 2.24) is 9.03 Å². The lowest BCUT2D eigenvalue weighted by Gasteiger charge is -2.21. The Kier molecular flexibility index (Phi) is 6.66. The highest BCUT2D eigenvalue weighted by atomic mass is 32.2. The molecular formula is C10H22N2O4S. The Balaban J connectivity index is 4.31. The molecular weight excluding hydrogens is 244 g/mol. The van der Waals surface area contributed by atoms with E-state index in [-0.39, 0.29) is 19.0 Å². The summed E-state index contributed by atoms with van der Waals surface area (Å²) in [6, 6.07) is -0.160. The molecule has 0 saturated carbocycles. The van der Waals surface area contributed by atoms with E-state index in [4.69, 9.17) is 5.11 Å². The van der Waals surface area contributed by atoms with Gasteiger partial charge < -0.3 is 5.11 Å². The summed E-state index contributed by atoms with van der Waals surface area (Å²) >= 11 is 0. The number of carboxylic acid groups (broad SMARTS) is 1. The SMILES string of the molecule is CC(C)CC(C)NS(=O)(=O)N(C)CCC(=O)O. The zero-order valence-electron chi connectivity index (χ0n) is 10.8. The second kappa shape index (κ2) is 6.93. The number of nitrogens with one attached hydrogen (secondary N) is 1. The Morgan fingerprint density at radius 2 is 1.88 bits per heavy atom. The van der Waals surface area contributed by atoms with E-state index in [9.17, 15) is 13.2 Å². The highest BCUT2D eigenvalue weighted by Gasteiger charge is 2.20. The number of rotatable bonds is 8. The summed E-state index contributed by atoms with van der Waals surface area (Å²) in [6.45, 7) is 5.79. The lowest BCUT2D eigenvalue weighted by atomic mass is 10.1. The first-order chi connectivity index (χ1) is 7.65. The minimum atomic E-state index is -3.58. The standard InChI is InChI=1S/C10H22N2O4S/c1-8(2)7-9(3)11-17(15,16)12(4)6-5-10(13)14/h8-9,11H,5-7H2,1-4H3,(H,13,14). The first-order valence-corrected chi connectivity index (χ1v) is 7.04. The van der Waals surface area contributed by atoms with Crippen molar-refractivity contribution in [1.29, 1.82) is 0 Å². The molecule has 0 spiro atoms. The molecule has 0 amide bonds. The van der Waals surface area contributed by atoms with Crippen LogP contribution in [0.25, 0.3) is 0 Å². The van der Waals surface area contributed by atoms with Crippen molar-refractivity contribution in [3.8, 4) is 0 Å². The third-order valence-electron chi connectivity index (χ3n) is 2.23. The maximum atomic E-state index is 11.8. The maximum Gasteiger partial charge on any atom is 0.304 e. The van der Waals surface area contributed by atoms with Crippen LogP contribution in [0.4, 0.5) is 0 Å². The van der Waals surface area contributed by atoms with Crippen LogP contribution in [0.2, 0.25) is 0 Å². The molecule has 0 aromatic carbocycles. The Morgan fingerprint density at radius 3 is 2.29 bits per heavy atom. The Morgan fingerprint density at radius 1 is 1.35 bits per heavy atom. The first-order valence-electron chi connectivity index (χ1n) is 5.60. The molecule has 0 fully saturated rings. The van der Waals surface area contributed by atoms with Crippen LogP contribution in [0.15, 0.2) is 0 Å². The Labute approximate surface area is 103 Å². The summed E-state index contributed by atoms with van der Waals surface area (Å²) in [5.74, 6) is -0.612. The Hall–Kier alpha value is -0.660. The van der Waals surface area contributed by atoms with Gasteiger partial charge in [-0.25, -0.2) is 0 Å². The molecule has 0 radical (unpaired) electrons. The van der Waals surface area contributed by atoms with Gasteiger partial charge in [-0.05, 0) is 19.3 Å². The van der Waals surface area contributed by atoms with Crippen molar-refractivity contribution < 1.29 is 18.3 Å². The molecule has 1 unspecified atom stereocenters. The van der Waals surface area contributed by atoms with Crippen molar-refractivity contribution in [2.75, 3.05) is 13.6 Å². The molecule has 102 valence electrons. The predicted molar refractivity (Wildman–Crippen MR) is 65.9 cm³/mol. The molecule has 7 heteroatoms. The highest BCUT2D eigenvalue weighted by molar-refractivity contribution is 7.87. The fourth-order valence-corrected chi connectivity index (χ4v) is 2.59. The quantitative estimate of drug-likeness (QED) is 0.675. The normalized spacial score (nSPS) is 14.2. The molecule has 1 atom stereocenters. The fourth-order valence-electron chi connectivity index (χ4n) is 1.47. The van der Waals surface area contributed by atoms with E-state index >= 15 is 0 Å². The maximum absolute atomic E-state index is 11.8. The molecule has 0 aliphatic carbocycles. The van der Waals surface area contributed by atoms with Crippen LogP contribution < -0.4 is 4.72 Å². The van der Waals surface area contributed by atoms with Gasteiger partial charge in [-0.3, -0.25) is 4.79 Å². The summed E-state index contributed by atoms with van der Waals surface area (Å²) in [5.41, 5.74) is 0. The van der Waals surface area contributed by atoms with Gasteiger partial charge in [0.2, 0.25) is 0 Å². The number of carboxylic acids is 1.